The van der Waals surface area contributed by atoms with Crippen LogP contribution in [-0.4, -0.2) is 16.7 Å². The van der Waals surface area contributed by atoms with E-state index in [-0.39, 0.29) is 0 Å². The first-order valence-electron chi connectivity index (χ1n) is 6.90. The first kappa shape index (κ1) is 15.0. The van der Waals surface area contributed by atoms with Crippen LogP contribution in [0.1, 0.15) is 36.3 Å². The highest BCUT2D eigenvalue weighted by atomic mass is 32.1. The van der Waals surface area contributed by atoms with Gasteiger partial charge in [-0.1, -0.05) is 25.1 Å². The average molecular weight is 291 g/mol. The molecule has 20 heavy (non-hydrogen) atoms. The van der Waals surface area contributed by atoms with Crippen molar-refractivity contribution in [2.75, 3.05) is 6.61 Å². The van der Waals surface area contributed by atoms with Crippen molar-refractivity contribution in [3.8, 4) is 5.75 Å². The predicted molar refractivity (Wildman–Crippen MR) is 82.4 cm³/mol. The lowest BCUT2D eigenvalue weighted by Gasteiger charge is -2.15. The lowest BCUT2D eigenvalue weighted by molar-refractivity contribution is 0.0814. The number of aromatic nitrogens is 1. The molecular weight excluding hydrogens is 270 g/mol. The van der Waals surface area contributed by atoms with Crippen LogP contribution in [0, 0.1) is 0 Å². The van der Waals surface area contributed by atoms with Crippen LogP contribution in [0.2, 0.25) is 0 Å². The minimum atomic E-state index is -0.818. The average Bonchev–Trinajstić information content (AvgIpc) is 2.83. The number of aryl methyl sites for hydroxylation is 1. The summed E-state index contributed by atoms with van der Waals surface area (Å²) in [4.78, 5) is 5.57. The van der Waals surface area contributed by atoms with E-state index in [0.29, 0.717) is 6.61 Å². The van der Waals surface area contributed by atoms with Gasteiger partial charge in [-0.15, -0.1) is 11.3 Å². The highest BCUT2D eigenvalue weighted by Crippen LogP contribution is 2.30. The number of nitrogens with zero attached hydrogens (tertiary/aromatic N) is 1. The zero-order chi connectivity index (χ0) is 14.6. The summed E-state index contributed by atoms with van der Waals surface area (Å²) < 4.78 is 5.68. The van der Waals surface area contributed by atoms with E-state index in [2.05, 4.69) is 11.9 Å². The topological polar surface area (TPSA) is 42.4 Å². The number of thiazole rings is 1. The van der Waals surface area contributed by atoms with Crippen LogP contribution in [0.4, 0.5) is 0 Å². The molecule has 0 saturated heterocycles. The Labute approximate surface area is 124 Å². The predicted octanol–water partition coefficient (Wildman–Crippen LogP) is 3.55. The highest BCUT2D eigenvalue weighted by molar-refractivity contribution is 7.11. The van der Waals surface area contributed by atoms with Crippen molar-refractivity contribution in [1.82, 2.24) is 4.98 Å². The molecule has 0 spiro atoms. The van der Waals surface area contributed by atoms with Gasteiger partial charge in [-0.05, 0) is 32.4 Å². The van der Waals surface area contributed by atoms with Gasteiger partial charge in [0, 0.05) is 6.42 Å². The summed E-state index contributed by atoms with van der Waals surface area (Å²) in [5, 5.41) is 11.2. The Morgan fingerprint density at radius 1 is 1.25 bits per heavy atom. The molecule has 0 aliphatic carbocycles. The van der Waals surface area contributed by atoms with Gasteiger partial charge in [0.15, 0.2) is 0 Å². The molecule has 0 radical (unpaired) electrons. The van der Waals surface area contributed by atoms with Crippen molar-refractivity contribution in [3.63, 3.8) is 0 Å². The summed E-state index contributed by atoms with van der Waals surface area (Å²) in [7, 11) is 0. The zero-order valence-corrected chi connectivity index (χ0v) is 13.0. The van der Waals surface area contributed by atoms with Crippen molar-refractivity contribution in [2.45, 2.75) is 39.2 Å². The lowest BCUT2D eigenvalue weighted by atomic mass is 10.1. The van der Waals surface area contributed by atoms with Gasteiger partial charge < -0.3 is 9.84 Å². The van der Waals surface area contributed by atoms with Crippen molar-refractivity contribution in [2.24, 2.45) is 0 Å². The molecule has 1 aromatic carbocycles. The van der Waals surface area contributed by atoms with E-state index in [1.54, 1.807) is 11.3 Å². The number of ether oxygens (including phenoxy) is 1. The number of hydrogen-bond donors (Lipinski definition) is 1. The van der Waals surface area contributed by atoms with Gasteiger partial charge in [-0.25, -0.2) is 4.98 Å². The minimum Gasteiger partial charge on any atom is -0.493 e. The van der Waals surface area contributed by atoms with Gasteiger partial charge in [0.1, 0.15) is 5.75 Å². The van der Waals surface area contributed by atoms with E-state index in [9.17, 15) is 5.11 Å². The van der Waals surface area contributed by atoms with Gasteiger partial charge >= 0.3 is 0 Å². The van der Waals surface area contributed by atoms with Crippen LogP contribution in [-0.2, 0) is 18.4 Å². The Balaban J connectivity index is 1.98. The van der Waals surface area contributed by atoms with E-state index < -0.39 is 5.60 Å². The van der Waals surface area contributed by atoms with E-state index in [4.69, 9.17) is 4.74 Å². The molecular formula is C16H21NO2S. The van der Waals surface area contributed by atoms with Crippen LogP contribution in [0.15, 0.2) is 30.3 Å². The normalized spacial score (nSPS) is 11.6. The van der Waals surface area contributed by atoms with Gasteiger partial charge in [0.25, 0.3) is 0 Å². The van der Waals surface area contributed by atoms with Crippen LogP contribution < -0.4 is 4.74 Å². The summed E-state index contributed by atoms with van der Waals surface area (Å²) in [6.45, 7) is 6.29. The fraction of sp³-hybridized carbons (Fsp3) is 0.438. The molecule has 2 rings (SSSR count). The largest absolute Gasteiger partial charge is 0.493 e. The molecule has 1 aromatic heterocycles. The maximum Gasteiger partial charge on any atom is 0.119 e. The third-order valence-electron chi connectivity index (χ3n) is 2.96. The second-order valence-corrected chi connectivity index (χ2v) is 6.29. The molecule has 0 bridgehead atoms. The van der Waals surface area contributed by atoms with Crippen LogP contribution in [0.3, 0.4) is 0 Å². The molecule has 2 aromatic rings. The van der Waals surface area contributed by atoms with E-state index in [1.165, 1.54) is 0 Å². The first-order valence-corrected chi connectivity index (χ1v) is 7.71. The quantitative estimate of drug-likeness (QED) is 0.885. The van der Waals surface area contributed by atoms with Crippen LogP contribution in [0.5, 0.6) is 5.75 Å². The standard InChI is InChI=1S/C16H21NO2S/c1-4-13-15(16(2,3)18)20-14(17-13)10-11-19-12-8-6-5-7-9-12/h5-9,18H,4,10-11H2,1-3H3. The third kappa shape index (κ3) is 3.81. The van der Waals surface area contributed by atoms with E-state index in [1.807, 2.05) is 44.2 Å². The summed E-state index contributed by atoms with van der Waals surface area (Å²) >= 11 is 1.59. The summed E-state index contributed by atoms with van der Waals surface area (Å²) in [5.74, 6) is 0.877. The van der Waals surface area contributed by atoms with Crippen LogP contribution in [0.25, 0.3) is 0 Å². The van der Waals surface area contributed by atoms with Gasteiger partial charge in [0.2, 0.25) is 0 Å². The molecule has 0 fully saturated rings. The summed E-state index contributed by atoms with van der Waals surface area (Å²) in [6, 6.07) is 9.78. The zero-order valence-electron chi connectivity index (χ0n) is 12.2. The fourth-order valence-electron chi connectivity index (χ4n) is 2.00. The molecule has 4 heteroatoms. The molecule has 0 aliphatic heterocycles. The number of aliphatic hydroxyl groups is 1. The number of para-hydroxylation sites is 1. The van der Waals surface area contributed by atoms with Gasteiger partial charge in [-0.2, -0.15) is 0 Å². The first-order chi connectivity index (χ1) is 9.50. The molecule has 1 N–H and O–H groups in total. The Kier molecular flexibility index (Phi) is 4.78. The van der Waals surface area contributed by atoms with E-state index in [0.717, 1.165) is 34.2 Å². The number of benzene rings is 1. The van der Waals surface area contributed by atoms with Crippen molar-refractivity contribution in [1.29, 1.82) is 0 Å². The lowest BCUT2D eigenvalue weighted by Crippen LogP contribution is -2.15. The number of rotatable bonds is 6. The van der Waals surface area contributed by atoms with E-state index >= 15 is 0 Å². The monoisotopic (exact) mass is 291 g/mol. The molecule has 3 nitrogen and oxygen atoms in total. The van der Waals surface area contributed by atoms with Gasteiger partial charge in [0.05, 0.1) is 27.8 Å². The Bertz CT molecular complexity index is 543. The smallest absolute Gasteiger partial charge is 0.119 e. The summed E-state index contributed by atoms with van der Waals surface area (Å²) in [5.41, 5.74) is 0.180. The Morgan fingerprint density at radius 3 is 2.50 bits per heavy atom. The molecule has 0 saturated carbocycles. The van der Waals surface area contributed by atoms with Crippen molar-refractivity contribution in [3.05, 3.63) is 45.9 Å². The molecule has 0 amide bonds. The maximum atomic E-state index is 10.2. The molecule has 0 aliphatic rings. The maximum absolute atomic E-state index is 10.2. The fourth-order valence-corrected chi connectivity index (χ4v) is 3.13. The SMILES string of the molecule is CCc1nc(CCOc2ccccc2)sc1C(C)(C)O. The Morgan fingerprint density at radius 2 is 1.95 bits per heavy atom. The minimum absolute atomic E-state index is 0.603. The number of hydrogen-bond acceptors (Lipinski definition) is 4. The second kappa shape index (κ2) is 6.37. The summed E-state index contributed by atoms with van der Waals surface area (Å²) in [6.07, 6.45) is 1.61. The highest BCUT2D eigenvalue weighted by Gasteiger charge is 2.23. The van der Waals surface area contributed by atoms with Crippen molar-refractivity contribution < 1.29 is 9.84 Å². The second-order valence-electron chi connectivity index (χ2n) is 5.21. The molecule has 0 unspecified atom stereocenters. The molecule has 0 atom stereocenters. The molecule has 1 heterocycles. The van der Waals surface area contributed by atoms with Crippen molar-refractivity contribution >= 4 is 11.3 Å². The van der Waals surface area contributed by atoms with Crippen LogP contribution >= 0.6 is 11.3 Å². The Hall–Kier alpha value is -1.39. The molecule has 108 valence electrons. The third-order valence-corrected chi connectivity index (χ3v) is 4.43. The van der Waals surface area contributed by atoms with Gasteiger partial charge in [-0.3, -0.25) is 0 Å².